The van der Waals surface area contributed by atoms with E-state index in [1.165, 1.54) is 25.3 Å². The fourth-order valence-corrected chi connectivity index (χ4v) is 3.63. The van der Waals surface area contributed by atoms with Crippen molar-refractivity contribution in [1.29, 1.82) is 0 Å². The molecule has 172 valence electrons. The number of carbonyl (C=O) groups excluding carboxylic acids is 3. The van der Waals surface area contributed by atoms with E-state index in [0.717, 1.165) is 16.0 Å². The number of aryl methyl sites for hydroxylation is 1. The highest BCUT2D eigenvalue weighted by Crippen LogP contribution is 2.30. The average molecular weight is 477 g/mol. The largest absolute Gasteiger partial charge is 0.493 e. The van der Waals surface area contributed by atoms with Gasteiger partial charge in [-0.2, -0.15) is 0 Å². The predicted molar refractivity (Wildman–Crippen MR) is 129 cm³/mol. The minimum atomic E-state index is -0.827. The van der Waals surface area contributed by atoms with Crippen molar-refractivity contribution in [1.82, 2.24) is 5.32 Å². The fourth-order valence-electron chi connectivity index (χ4n) is 3.50. The SMILES string of the molecule is COc1cc(C=C2C(=O)NC(=O)N(c3ccc(Cl)cc3)C2=O)ccc1OCc1cccc(C)c1. The summed E-state index contributed by atoms with van der Waals surface area (Å²) in [5.74, 6) is -0.561. The lowest BCUT2D eigenvalue weighted by molar-refractivity contribution is -0.122. The number of hydrogen-bond acceptors (Lipinski definition) is 5. The molecule has 34 heavy (non-hydrogen) atoms. The highest BCUT2D eigenvalue weighted by Gasteiger charge is 2.36. The number of carbonyl (C=O) groups is 3. The lowest BCUT2D eigenvalue weighted by Gasteiger charge is -2.26. The van der Waals surface area contributed by atoms with Crippen molar-refractivity contribution in [3.63, 3.8) is 0 Å². The van der Waals surface area contributed by atoms with Crippen LogP contribution in [-0.4, -0.2) is 25.0 Å². The Labute approximate surface area is 201 Å². The summed E-state index contributed by atoms with van der Waals surface area (Å²) in [7, 11) is 1.51. The molecular formula is C26H21ClN2O5. The number of urea groups is 1. The molecule has 4 amide bonds. The molecule has 0 radical (unpaired) electrons. The summed E-state index contributed by atoms with van der Waals surface area (Å²) in [5, 5.41) is 2.65. The van der Waals surface area contributed by atoms with Crippen molar-refractivity contribution in [2.75, 3.05) is 12.0 Å². The highest BCUT2D eigenvalue weighted by molar-refractivity contribution is 6.39. The van der Waals surface area contributed by atoms with Gasteiger partial charge in [0.1, 0.15) is 12.2 Å². The fraction of sp³-hybridized carbons (Fsp3) is 0.115. The van der Waals surface area contributed by atoms with Gasteiger partial charge < -0.3 is 9.47 Å². The lowest BCUT2D eigenvalue weighted by Crippen LogP contribution is -2.54. The summed E-state index contributed by atoms with van der Waals surface area (Å²) in [6, 6.07) is 18.4. The Morgan fingerprint density at radius 3 is 2.44 bits per heavy atom. The van der Waals surface area contributed by atoms with Gasteiger partial charge in [-0.15, -0.1) is 0 Å². The third kappa shape index (κ3) is 4.94. The van der Waals surface area contributed by atoms with Gasteiger partial charge in [0.15, 0.2) is 11.5 Å². The van der Waals surface area contributed by atoms with Gasteiger partial charge in [-0.25, -0.2) is 9.69 Å². The minimum Gasteiger partial charge on any atom is -0.493 e. The molecular weight excluding hydrogens is 456 g/mol. The number of benzene rings is 3. The van der Waals surface area contributed by atoms with Crippen molar-refractivity contribution < 1.29 is 23.9 Å². The van der Waals surface area contributed by atoms with Crippen LogP contribution >= 0.6 is 11.6 Å². The Bertz CT molecular complexity index is 1300. The molecule has 8 heteroatoms. The number of imide groups is 2. The molecule has 1 fully saturated rings. The summed E-state index contributed by atoms with van der Waals surface area (Å²) in [6.07, 6.45) is 1.40. The number of barbiturate groups is 1. The molecule has 0 bridgehead atoms. The maximum absolute atomic E-state index is 13.0. The quantitative estimate of drug-likeness (QED) is 0.404. The molecule has 0 aliphatic carbocycles. The third-order valence-electron chi connectivity index (χ3n) is 5.16. The Hall–Kier alpha value is -4.10. The summed E-state index contributed by atoms with van der Waals surface area (Å²) in [5.41, 5.74) is 2.79. The smallest absolute Gasteiger partial charge is 0.335 e. The first-order valence-electron chi connectivity index (χ1n) is 10.4. The summed E-state index contributed by atoms with van der Waals surface area (Å²) >= 11 is 5.90. The number of nitrogens with one attached hydrogen (secondary N) is 1. The van der Waals surface area contributed by atoms with Gasteiger partial charge >= 0.3 is 6.03 Å². The monoisotopic (exact) mass is 476 g/mol. The standard InChI is InChI=1S/C26H21ClN2O5/c1-16-4-3-5-18(12-16)15-34-22-11-6-17(14-23(22)33-2)13-21-24(30)28-26(32)29(25(21)31)20-9-7-19(27)8-10-20/h3-14H,15H2,1-2H3,(H,28,30,32). The number of ether oxygens (including phenoxy) is 2. The number of nitrogens with zero attached hydrogens (tertiary/aromatic N) is 1. The van der Waals surface area contributed by atoms with E-state index in [9.17, 15) is 14.4 Å². The van der Waals surface area contributed by atoms with Gasteiger partial charge in [0.2, 0.25) is 0 Å². The Morgan fingerprint density at radius 2 is 1.74 bits per heavy atom. The van der Waals surface area contributed by atoms with Crippen LogP contribution in [0.25, 0.3) is 6.08 Å². The van der Waals surface area contributed by atoms with E-state index in [1.807, 2.05) is 31.2 Å². The molecule has 1 N–H and O–H groups in total. The third-order valence-corrected chi connectivity index (χ3v) is 5.41. The van der Waals surface area contributed by atoms with E-state index in [-0.39, 0.29) is 5.57 Å². The maximum atomic E-state index is 13.0. The van der Waals surface area contributed by atoms with Crippen LogP contribution in [-0.2, 0) is 16.2 Å². The summed E-state index contributed by atoms with van der Waals surface area (Å²) < 4.78 is 11.3. The molecule has 0 unspecified atom stereocenters. The van der Waals surface area contributed by atoms with Crippen LogP contribution in [0.4, 0.5) is 10.5 Å². The first-order valence-corrected chi connectivity index (χ1v) is 10.8. The van der Waals surface area contributed by atoms with Crippen LogP contribution < -0.4 is 19.7 Å². The lowest BCUT2D eigenvalue weighted by atomic mass is 10.1. The zero-order valence-corrected chi connectivity index (χ0v) is 19.3. The number of rotatable bonds is 6. The van der Waals surface area contributed by atoms with Crippen LogP contribution in [0.3, 0.4) is 0 Å². The maximum Gasteiger partial charge on any atom is 0.335 e. The molecule has 0 saturated carbocycles. The first kappa shape index (κ1) is 23.1. The second kappa shape index (κ2) is 9.80. The molecule has 0 spiro atoms. The molecule has 1 heterocycles. The Kier molecular flexibility index (Phi) is 6.65. The zero-order chi connectivity index (χ0) is 24.2. The van der Waals surface area contributed by atoms with E-state index in [4.69, 9.17) is 21.1 Å². The predicted octanol–water partition coefficient (Wildman–Crippen LogP) is 4.90. The number of halogens is 1. The van der Waals surface area contributed by atoms with Crippen LogP contribution in [0, 0.1) is 6.92 Å². The van der Waals surface area contributed by atoms with Crippen LogP contribution in [0.1, 0.15) is 16.7 Å². The van der Waals surface area contributed by atoms with Gasteiger partial charge in [0.25, 0.3) is 11.8 Å². The molecule has 1 aliphatic heterocycles. The second-order valence-corrected chi connectivity index (χ2v) is 8.06. The molecule has 4 rings (SSSR count). The molecule has 0 atom stereocenters. The van der Waals surface area contributed by atoms with Crippen molar-refractivity contribution in [3.05, 3.63) is 94.0 Å². The van der Waals surface area contributed by atoms with Crippen molar-refractivity contribution in [2.24, 2.45) is 0 Å². The zero-order valence-electron chi connectivity index (χ0n) is 18.5. The van der Waals surface area contributed by atoms with E-state index < -0.39 is 17.8 Å². The van der Waals surface area contributed by atoms with E-state index in [0.29, 0.717) is 34.4 Å². The topological polar surface area (TPSA) is 84.9 Å². The second-order valence-electron chi connectivity index (χ2n) is 7.62. The van der Waals surface area contributed by atoms with Gasteiger partial charge in [0, 0.05) is 5.02 Å². The summed E-state index contributed by atoms with van der Waals surface area (Å²) in [4.78, 5) is 38.7. The van der Waals surface area contributed by atoms with E-state index in [1.54, 1.807) is 30.3 Å². The van der Waals surface area contributed by atoms with Crippen LogP contribution in [0.15, 0.2) is 72.3 Å². The average Bonchev–Trinajstić information content (AvgIpc) is 2.82. The Morgan fingerprint density at radius 1 is 0.971 bits per heavy atom. The minimum absolute atomic E-state index is 0.190. The van der Waals surface area contributed by atoms with Crippen LogP contribution in [0.2, 0.25) is 5.02 Å². The van der Waals surface area contributed by atoms with Gasteiger partial charge in [-0.3, -0.25) is 14.9 Å². The number of anilines is 1. The van der Waals surface area contributed by atoms with Crippen molar-refractivity contribution >= 4 is 41.2 Å². The normalized spacial score (nSPS) is 14.9. The molecule has 3 aromatic rings. The molecule has 1 aliphatic rings. The molecule has 1 saturated heterocycles. The van der Waals surface area contributed by atoms with Crippen LogP contribution in [0.5, 0.6) is 11.5 Å². The summed E-state index contributed by atoms with van der Waals surface area (Å²) in [6.45, 7) is 2.37. The number of amides is 4. The van der Waals surface area contributed by atoms with Gasteiger partial charge in [-0.05, 0) is 60.5 Å². The van der Waals surface area contributed by atoms with Crippen molar-refractivity contribution in [2.45, 2.75) is 13.5 Å². The van der Waals surface area contributed by atoms with Gasteiger partial charge in [-0.1, -0.05) is 47.5 Å². The van der Waals surface area contributed by atoms with E-state index in [2.05, 4.69) is 5.32 Å². The van der Waals surface area contributed by atoms with Gasteiger partial charge in [0.05, 0.1) is 12.8 Å². The first-order chi connectivity index (χ1) is 16.4. The molecule has 0 aromatic heterocycles. The highest BCUT2D eigenvalue weighted by atomic mass is 35.5. The number of hydrogen-bond donors (Lipinski definition) is 1. The molecule has 3 aromatic carbocycles. The molecule has 7 nitrogen and oxygen atoms in total. The van der Waals surface area contributed by atoms with Crippen molar-refractivity contribution in [3.8, 4) is 11.5 Å². The van der Waals surface area contributed by atoms with E-state index >= 15 is 0 Å². The number of methoxy groups -OCH3 is 1. The Balaban J connectivity index is 1.59.